The van der Waals surface area contributed by atoms with Crippen molar-refractivity contribution in [3.63, 3.8) is 0 Å². The van der Waals surface area contributed by atoms with Gasteiger partial charge in [0.1, 0.15) is 5.76 Å². The number of aryl methyl sites for hydroxylation is 1. The molecule has 1 unspecified atom stereocenters. The van der Waals surface area contributed by atoms with E-state index < -0.39 is 12.1 Å². The minimum absolute atomic E-state index is 0.252. The average molecular weight is 326 g/mol. The second kappa shape index (κ2) is 6.62. The highest BCUT2D eigenvalue weighted by atomic mass is 16.5. The highest BCUT2D eigenvalue weighted by Gasteiger charge is 2.21. The normalized spacial score (nSPS) is 12.1. The Morgan fingerprint density at radius 2 is 2.04 bits per heavy atom. The first kappa shape index (κ1) is 15.9. The lowest BCUT2D eigenvalue weighted by Gasteiger charge is -2.12. The summed E-state index contributed by atoms with van der Waals surface area (Å²) >= 11 is 0. The first-order valence-corrected chi connectivity index (χ1v) is 7.61. The molecule has 1 amide bonds. The molecule has 6 nitrogen and oxygen atoms in total. The maximum absolute atomic E-state index is 12.4. The number of hydrogen-bond donors (Lipinski definition) is 1. The Balaban J connectivity index is 1.66. The van der Waals surface area contributed by atoms with E-state index in [1.165, 1.54) is 6.26 Å². The van der Waals surface area contributed by atoms with Gasteiger partial charge in [0.25, 0.3) is 5.91 Å². The monoisotopic (exact) mass is 326 g/mol. The zero-order chi connectivity index (χ0) is 17.1. The van der Waals surface area contributed by atoms with E-state index in [1.54, 1.807) is 25.3 Å². The molecule has 0 bridgehead atoms. The molecule has 0 saturated heterocycles. The van der Waals surface area contributed by atoms with Crippen LogP contribution in [0.3, 0.4) is 0 Å². The second-order valence-electron chi connectivity index (χ2n) is 5.52. The van der Waals surface area contributed by atoms with E-state index in [-0.39, 0.29) is 12.5 Å². The average Bonchev–Trinajstić information content (AvgIpc) is 3.21. The molecule has 3 aromatic rings. The summed E-state index contributed by atoms with van der Waals surface area (Å²) in [6.07, 6.45) is 2.35. The van der Waals surface area contributed by atoms with Gasteiger partial charge in [0.15, 0.2) is 6.10 Å². The highest BCUT2D eigenvalue weighted by Crippen LogP contribution is 2.21. The van der Waals surface area contributed by atoms with Crippen molar-refractivity contribution < 1.29 is 18.7 Å². The molecule has 0 fully saturated rings. The fraction of sp³-hybridized carbons (Fsp3) is 0.222. The first-order chi connectivity index (χ1) is 11.6. The number of benzene rings is 1. The molecule has 0 aliphatic heterocycles. The molecule has 3 rings (SSSR count). The van der Waals surface area contributed by atoms with Gasteiger partial charge in [-0.15, -0.1) is 0 Å². The molecule has 0 saturated carbocycles. The standard InChI is InChI=1S/C18H18N2O4/c1-12(17(21)19-10-13-6-5-9-23-13)24-18(22)15-11-20(2)16-8-4-3-7-14(15)16/h3-9,11-12H,10H2,1-2H3,(H,19,21). The molecule has 1 aromatic carbocycles. The number of nitrogens with zero attached hydrogens (tertiary/aromatic N) is 1. The molecule has 124 valence electrons. The van der Waals surface area contributed by atoms with Gasteiger partial charge in [-0.2, -0.15) is 0 Å². The third-order valence-corrected chi connectivity index (χ3v) is 3.79. The molecular weight excluding hydrogens is 308 g/mol. The van der Waals surface area contributed by atoms with E-state index in [0.29, 0.717) is 11.3 Å². The van der Waals surface area contributed by atoms with Gasteiger partial charge in [-0.05, 0) is 25.1 Å². The number of para-hydroxylation sites is 1. The number of esters is 1. The molecule has 0 radical (unpaired) electrons. The van der Waals surface area contributed by atoms with Crippen molar-refractivity contribution in [3.8, 4) is 0 Å². The Bertz CT molecular complexity index is 864. The molecule has 1 atom stereocenters. The van der Waals surface area contributed by atoms with Gasteiger partial charge in [-0.3, -0.25) is 4.79 Å². The quantitative estimate of drug-likeness (QED) is 0.732. The number of rotatable bonds is 5. The molecule has 0 aliphatic carbocycles. The zero-order valence-electron chi connectivity index (χ0n) is 13.5. The minimum Gasteiger partial charge on any atom is -0.467 e. The number of aromatic nitrogens is 1. The SMILES string of the molecule is CC(OC(=O)c1cn(C)c2ccccc12)C(=O)NCc1ccco1. The van der Waals surface area contributed by atoms with Gasteiger partial charge < -0.3 is 19.0 Å². The van der Waals surface area contributed by atoms with Crippen molar-refractivity contribution in [1.82, 2.24) is 9.88 Å². The third-order valence-electron chi connectivity index (χ3n) is 3.79. The van der Waals surface area contributed by atoms with Crippen LogP contribution in [-0.4, -0.2) is 22.5 Å². The van der Waals surface area contributed by atoms with Crippen LogP contribution in [0.25, 0.3) is 10.9 Å². The van der Waals surface area contributed by atoms with E-state index in [4.69, 9.17) is 9.15 Å². The van der Waals surface area contributed by atoms with Crippen molar-refractivity contribution in [2.24, 2.45) is 7.05 Å². The number of carbonyl (C=O) groups excluding carboxylic acids is 2. The lowest BCUT2D eigenvalue weighted by Crippen LogP contribution is -2.35. The predicted molar refractivity (Wildman–Crippen MR) is 88.4 cm³/mol. The van der Waals surface area contributed by atoms with E-state index in [1.807, 2.05) is 35.9 Å². The van der Waals surface area contributed by atoms with Gasteiger partial charge in [0.05, 0.1) is 18.4 Å². The second-order valence-corrected chi connectivity index (χ2v) is 5.52. The van der Waals surface area contributed by atoms with Crippen LogP contribution in [-0.2, 0) is 23.1 Å². The largest absolute Gasteiger partial charge is 0.467 e. The number of furan rings is 1. The lowest BCUT2D eigenvalue weighted by atomic mass is 10.2. The number of hydrogen-bond acceptors (Lipinski definition) is 4. The van der Waals surface area contributed by atoms with Crippen LogP contribution in [0.1, 0.15) is 23.0 Å². The number of amides is 1. The first-order valence-electron chi connectivity index (χ1n) is 7.61. The summed E-state index contributed by atoms with van der Waals surface area (Å²) in [4.78, 5) is 24.4. The van der Waals surface area contributed by atoms with Crippen LogP contribution >= 0.6 is 0 Å². The third kappa shape index (κ3) is 3.17. The molecule has 2 aromatic heterocycles. The van der Waals surface area contributed by atoms with Crippen LogP contribution < -0.4 is 5.32 Å². The van der Waals surface area contributed by atoms with Crippen molar-refractivity contribution >= 4 is 22.8 Å². The number of ether oxygens (including phenoxy) is 1. The Kier molecular flexibility index (Phi) is 4.37. The van der Waals surface area contributed by atoms with Crippen molar-refractivity contribution in [1.29, 1.82) is 0 Å². The van der Waals surface area contributed by atoms with Crippen LogP contribution in [0, 0.1) is 0 Å². The number of nitrogens with one attached hydrogen (secondary N) is 1. The Labute approximate surface area is 139 Å². The molecule has 6 heteroatoms. The van der Waals surface area contributed by atoms with Crippen LogP contribution in [0.15, 0.2) is 53.3 Å². The summed E-state index contributed by atoms with van der Waals surface area (Å²) < 4.78 is 12.3. The van der Waals surface area contributed by atoms with E-state index >= 15 is 0 Å². The van der Waals surface area contributed by atoms with Crippen LogP contribution in [0.2, 0.25) is 0 Å². The molecule has 1 N–H and O–H groups in total. The Morgan fingerprint density at radius 3 is 2.79 bits per heavy atom. The fourth-order valence-corrected chi connectivity index (χ4v) is 2.51. The summed E-state index contributed by atoms with van der Waals surface area (Å²) in [5.74, 6) is -0.261. The predicted octanol–water partition coefficient (Wildman–Crippen LogP) is 2.63. The van der Waals surface area contributed by atoms with E-state index in [0.717, 1.165) is 10.9 Å². The van der Waals surface area contributed by atoms with Gasteiger partial charge in [0.2, 0.25) is 0 Å². The molecule has 0 spiro atoms. The van der Waals surface area contributed by atoms with Crippen molar-refractivity contribution in [3.05, 3.63) is 60.2 Å². The number of carbonyl (C=O) groups is 2. The summed E-state index contributed by atoms with van der Waals surface area (Å²) in [6.45, 7) is 1.79. The van der Waals surface area contributed by atoms with Gasteiger partial charge >= 0.3 is 5.97 Å². The maximum Gasteiger partial charge on any atom is 0.341 e. The highest BCUT2D eigenvalue weighted by molar-refractivity contribution is 6.05. The van der Waals surface area contributed by atoms with E-state index in [9.17, 15) is 9.59 Å². The zero-order valence-corrected chi connectivity index (χ0v) is 13.5. The summed E-state index contributed by atoms with van der Waals surface area (Å²) in [6, 6.07) is 11.0. The topological polar surface area (TPSA) is 73.5 Å². The molecular formula is C18H18N2O4. The summed E-state index contributed by atoms with van der Waals surface area (Å²) in [7, 11) is 1.86. The fourth-order valence-electron chi connectivity index (χ4n) is 2.51. The number of fused-ring (bicyclic) bond motifs is 1. The van der Waals surface area contributed by atoms with Crippen molar-refractivity contribution in [2.75, 3.05) is 0 Å². The van der Waals surface area contributed by atoms with Gasteiger partial charge in [0, 0.05) is 24.1 Å². The van der Waals surface area contributed by atoms with Gasteiger partial charge in [-0.1, -0.05) is 18.2 Å². The lowest BCUT2D eigenvalue weighted by molar-refractivity contribution is -0.129. The molecule has 24 heavy (non-hydrogen) atoms. The Hall–Kier alpha value is -3.02. The Morgan fingerprint density at radius 1 is 1.25 bits per heavy atom. The van der Waals surface area contributed by atoms with Gasteiger partial charge in [-0.25, -0.2) is 4.79 Å². The van der Waals surface area contributed by atoms with E-state index in [2.05, 4.69) is 5.32 Å². The molecule has 2 heterocycles. The summed E-state index contributed by atoms with van der Waals surface area (Å²) in [5.41, 5.74) is 1.37. The summed E-state index contributed by atoms with van der Waals surface area (Å²) in [5, 5.41) is 3.47. The minimum atomic E-state index is -0.897. The molecule has 0 aliphatic rings. The maximum atomic E-state index is 12.4. The smallest absolute Gasteiger partial charge is 0.341 e. The van der Waals surface area contributed by atoms with Crippen molar-refractivity contribution in [2.45, 2.75) is 19.6 Å². The van der Waals surface area contributed by atoms with Crippen LogP contribution in [0.4, 0.5) is 0 Å². The van der Waals surface area contributed by atoms with Crippen LogP contribution in [0.5, 0.6) is 0 Å².